The summed E-state index contributed by atoms with van der Waals surface area (Å²) in [5.74, 6) is 5.73. The summed E-state index contributed by atoms with van der Waals surface area (Å²) in [5.41, 5.74) is 3.86. The Bertz CT molecular complexity index is 356. The molecule has 0 atom stereocenters. The van der Waals surface area contributed by atoms with Crippen molar-refractivity contribution < 1.29 is 9.53 Å². The van der Waals surface area contributed by atoms with Crippen molar-refractivity contribution in [3.8, 4) is 5.75 Å². The van der Waals surface area contributed by atoms with Crippen molar-refractivity contribution in [2.45, 2.75) is 0 Å². The highest BCUT2D eigenvalue weighted by Gasteiger charge is 2.15. The molecule has 1 aliphatic heterocycles. The number of nitrogens with two attached hydrogens (primary N) is 1. The van der Waals surface area contributed by atoms with Crippen LogP contribution in [0.3, 0.4) is 0 Å². The van der Waals surface area contributed by atoms with Gasteiger partial charge in [0.1, 0.15) is 5.75 Å². The first-order chi connectivity index (χ1) is 6.29. The normalized spacial score (nSPS) is 13.1. The third-order valence-electron chi connectivity index (χ3n) is 1.78. The fourth-order valence-electron chi connectivity index (χ4n) is 1.17. The summed E-state index contributed by atoms with van der Waals surface area (Å²) in [7, 11) is 0. The quantitative estimate of drug-likeness (QED) is 0.477. The lowest BCUT2D eigenvalue weighted by molar-refractivity contribution is -0.118. The van der Waals surface area contributed by atoms with Gasteiger partial charge in [0.15, 0.2) is 6.61 Å². The number of anilines is 2. The van der Waals surface area contributed by atoms with Crippen molar-refractivity contribution in [1.29, 1.82) is 0 Å². The Morgan fingerprint density at radius 3 is 3.00 bits per heavy atom. The highest BCUT2D eigenvalue weighted by Crippen LogP contribution is 2.29. The lowest BCUT2D eigenvalue weighted by atomic mass is 10.2. The molecule has 1 amide bonds. The van der Waals surface area contributed by atoms with Crippen LogP contribution in [0.15, 0.2) is 18.2 Å². The lowest BCUT2D eigenvalue weighted by Gasteiger charge is -2.18. The number of nitrogen functional groups attached to an aromatic ring is 1. The average Bonchev–Trinajstić information content (AvgIpc) is 2.16. The molecule has 0 saturated heterocycles. The average molecular weight is 216 g/mol. The molecule has 2 rings (SSSR count). The van der Waals surface area contributed by atoms with Gasteiger partial charge >= 0.3 is 0 Å². The van der Waals surface area contributed by atoms with Crippen LogP contribution in [0, 0.1) is 0 Å². The molecule has 1 aromatic rings. The maximum absolute atomic E-state index is 10.9. The van der Waals surface area contributed by atoms with Gasteiger partial charge in [0, 0.05) is 0 Å². The van der Waals surface area contributed by atoms with Crippen LogP contribution in [0.25, 0.3) is 0 Å². The number of benzene rings is 1. The highest BCUT2D eigenvalue weighted by molar-refractivity contribution is 5.95. The zero-order chi connectivity index (χ0) is 9.26. The molecule has 0 aliphatic carbocycles. The van der Waals surface area contributed by atoms with Gasteiger partial charge in [-0.15, -0.1) is 12.4 Å². The van der Waals surface area contributed by atoms with Crippen molar-refractivity contribution in [2.24, 2.45) is 5.84 Å². The van der Waals surface area contributed by atoms with E-state index >= 15 is 0 Å². The molecule has 0 saturated carbocycles. The van der Waals surface area contributed by atoms with Crippen molar-refractivity contribution in [3.63, 3.8) is 0 Å². The number of fused-ring (bicyclic) bond motifs is 1. The molecule has 0 spiro atoms. The van der Waals surface area contributed by atoms with E-state index in [4.69, 9.17) is 10.6 Å². The van der Waals surface area contributed by atoms with Crippen LogP contribution in [-0.4, -0.2) is 12.5 Å². The summed E-state index contributed by atoms with van der Waals surface area (Å²) in [6.07, 6.45) is 0. The molecule has 0 fully saturated rings. The van der Waals surface area contributed by atoms with Gasteiger partial charge in [0.25, 0.3) is 5.91 Å². The van der Waals surface area contributed by atoms with Crippen LogP contribution in [0.4, 0.5) is 11.4 Å². The van der Waals surface area contributed by atoms with Crippen LogP contribution in [0.5, 0.6) is 5.75 Å². The van der Waals surface area contributed by atoms with Gasteiger partial charge in [-0.3, -0.25) is 10.6 Å². The molecule has 1 aliphatic rings. The first-order valence-electron chi connectivity index (χ1n) is 3.83. The third kappa shape index (κ3) is 1.89. The van der Waals surface area contributed by atoms with E-state index in [-0.39, 0.29) is 24.9 Å². The summed E-state index contributed by atoms with van der Waals surface area (Å²) >= 11 is 0. The Hall–Kier alpha value is -1.46. The molecule has 6 heteroatoms. The number of rotatable bonds is 1. The van der Waals surface area contributed by atoms with Gasteiger partial charge in [-0.05, 0) is 18.2 Å². The topological polar surface area (TPSA) is 76.4 Å². The van der Waals surface area contributed by atoms with E-state index in [2.05, 4.69) is 10.7 Å². The van der Waals surface area contributed by atoms with Crippen LogP contribution >= 0.6 is 12.4 Å². The molecular weight excluding hydrogens is 206 g/mol. The second kappa shape index (κ2) is 4.17. The van der Waals surface area contributed by atoms with Gasteiger partial charge in [0.2, 0.25) is 0 Å². The maximum Gasteiger partial charge on any atom is 0.262 e. The Morgan fingerprint density at radius 2 is 2.29 bits per heavy atom. The fourth-order valence-corrected chi connectivity index (χ4v) is 1.17. The molecule has 1 heterocycles. The Kier molecular flexibility index (Phi) is 3.16. The van der Waals surface area contributed by atoms with Crippen molar-refractivity contribution in [2.75, 3.05) is 17.3 Å². The van der Waals surface area contributed by atoms with Crippen molar-refractivity contribution >= 4 is 29.7 Å². The molecule has 0 radical (unpaired) electrons. The number of halogens is 1. The van der Waals surface area contributed by atoms with Gasteiger partial charge in [0.05, 0.1) is 11.4 Å². The molecule has 0 bridgehead atoms. The molecule has 76 valence electrons. The first-order valence-corrected chi connectivity index (χ1v) is 3.83. The summed E-state index contributed by atoms with van der Waals surface area (Å²) in [5, 5.41) is 2.68. The molecule has 0 aromatic heterocycles. The standard InChI is InChI=1S/C8H9N3O2.ClH/c9-11-5-1-2-7-6(3-5)10-8(12)4-13-7;/h1-3,11H,4,9H2,(H,10,12);1H. The number of nitrogens with one attached hydrogen (secondary N) is 2. The second-order valence-electron chi connectivity index (χ2n) is 2.69. The molecule has 1 aromatic carbocycles. The van der Waals surface area contributed by atoms with E-state index in [1.165, 1.54) is 0 Å². The van der Waals surface area contributed by atoms with Gasteiger partial charge in [-0.2, -0.15) is 0 Å². The predicted octanol–water partition coefficient (Wildman–Crippen LogP) is 0.725. The van der Waals surface area contributed by atoms with E-state index in [9.17, 15) is 4.79 Å². The third-order valence-corrected chi connectivity index (χ3v) is 1.78. The van der Waals surface area contributed by atoms with E-state index in [0.29, 0.717) is 11.4 Å². The van der Waals surface area contributed by atoms with Gasteiger partial charge < -0.3 is 15.5 Å². The Labute approximate surface area is 87.0 Å². The summed E-state index contributed by atoms with van der Waals surface area (Å²) in [6, 6.07) is 5.24. The smallest absolute Gasteiger partial charge is 0.262 e. The van der Waals surface area contributed by atoms with Crippen molar-refractivity contribution in [3.05, 3.63) is 18.2 Å². The number of hydrogen-bond donors (Lipinski definition) is 3. The number of carbonyl (C=O) groups is 1. The minimum absolute atomic E-state index is 0. The summed E-state index contributed by atoms with van der Waals surface area (Å²) in [6.45, 7) is 0.0718. The molecular formula is C8H10ClN3O2. The summed E-state index contributed by atoms with van der Waals surface area (Å²) in [4.78, 5) is 10.9. The van der Waals surface area contributed by atoms with E-state index in [1.54, 1.807) is 18.2 Å². The highest BCUT2D eigenvalue weighted by atomic mass is 35.5. The van der Waals surface area contributed by atoms with Crippen molar-refractivity contribution in [1.82, 2.24) is 0 Å². The minimum atomic E-state index is -0.151. The zero-order valence-corrected chi connectivity index (χ0v) is 8.06. The Morgan fingerprint density at radius 1 is 1.50 bits per heavy atom. The minimum Gasteiger partial charge on any atom is -0.482 e. The second-order valence-corrected chi connectivity index (χ2v) is 2.69. The maximum atomic E-state index is 10.9. The molecule has 4 N–H and O–H groups in total. The molecule has 0 unspecified atom stereocenters. The Balaban J connectivity index is 0.000000980. The number of ether oxygens (including phenoxy) is 1. The number of hydrazine groups is 1. The zero-order valence-electron chi connectivity index (χ0n) is 7.24. The largest absolute Gasteiger partial charge is 0.482 e. The molecule has 14 heavy (non-hydrogen) atoms. The van der Waals surface area contributed by atoms with Crippen LogP contribution in [-0.2, 0) is 4.79 Å². The van der Waals surface area contributed by atoms with Crippen LogP contribution in [0.2, 0.25) is 0 Å². The summed E-state index contributed by atoms with van der Waals surface area (Å²) < 4.78 is 5.15. The van der Waals surface area contributed by atoms with E-state index in [1.807, 2.05) is 0 Å². The number of amides is 1. The number of carbonyl (C=O) groups excluding carboxylic acids is 1. The SMILES string of the molecule is Cl.NNc1ccc2c(c1)NC(=O)CO2. The van der Waals surface area contributed by atoms with Gasteiger partial charge in [-0.1, -0.05) is 0 Å². The predicted molar refractivity (Wildman–Crippen MR) is 55.6 cm³/mol. The van der Waals surface area contributed by atoms with Gasteiger partial charge in [-0.25, -0.2) is 0 Å². The number of hydrogen-bond acceptors (Lipinski definition) is 4. The lowest BCUT2D eigenvalue weighted by Crippen LogP contribution is -2.25. The molecule has 5 nitrogen and oxygen atoms in total. The van der Waals surface area contributed by atoms with Crippen LogP contribution in [0.1, 0.15) is 0 Å². The van der Waals surface area contributed by atoms with Crippen LogP contribution < -0.4 is 21.3 Å². The first kappa shape index (κ1) is 10.6. The fraction of sp³-hybridized carbons (Fsp3) is 0.125. The van der Waals surface area contributed by atoms with E-state index in [0.717, 1.165) is 5.69 Å². The monoisotopic (exact) mass is 215 g/mol. The van der Waals surface area contributed by atoms with E-state index < -0.39 is 0 Å².